The number of H-pyrrole nitrogens is 1. The molecule has 4 rings (SSSR count). The van der Waals surface area contributed by atoms with Gasteiger partial charge in [0.05, 0.1) is 12.2 Å². The van der Waals surface area contributed by atoms with Gasteiger partial charge in [0.25, 0.3) is 11.5 Å². The Morgan fingerprint density at radius 1 is 1.14 bits per heavy atom. The molecule has 0 saturated heterocycles. The molecule has 1 atom stereocenters. The summed E-state index contributed by atoms with van der Waals surface area (Å²) in [5.74, 6) is -2.15. The number of hydrogen-bond donors (Lipinski definition) is 3. The second-order valence-corrected chi connectivity index (χ2v) is 7.92. The third kappa shape index (κ3) is 4.53. The highest BCUT2D eigenvalue weighted by Gasteiger charge is 2.37. The molecule has 180 valence electrons. The van der Waals surface area contributed by atoms with Crippen LogP contribution in [0.25, 0.3) is 0 Å². The molecule has 11 nitrogen and oxygen atoms in total. The van der Waals surface area contributed by atoms with Crippen molar-refractivity contribution in [1.82, 2.24) is 9.55 Å². The Morgan fingerprint density at radius 2 is 1.80 bits per heavy atom. The highest BCUT2D eigenvalue weighted by atomic mass is 19.1. The van der Waals surface area contributed by atoms with Crippen LogP contribution in [0.4, 0.5) is 21.6 Å². The van der Waals surface area contributed by atoms with Crippen LogP contribution in [0, 0.1) is 5.82 Å². The average molecular weight is 479 g/mol. The van der Waals surface area contributed by atoms with E-state index in [1.54, 1.807) is 24.3 Å². The Hall–Kier alpha value is -4.74. The van der Waals surface area contributed by atoms with Crippen molar-refractivity contribution < 1.29 is 14.0 Å². The molecule has 0 saturated carbocycles. The molecule has 0 spiro atoms. The predicted molar refractivity (Wildman–Crippen MR) is 129 cm³/mol. The van der Waals surface area contributed by atoms with Crippen molar-refractivity contribution in [3.8, 4) is 0 Å². The predicted octanol–water partition coefficient (Wildman–Crippen LogP) is 0.389. The number of carbonyl (C=O) groups is 2. The largest absolute Gasteiger partial charge is 0.383 e. The molecule has 0 radical (unpaired) electrons. The van der Waals surface area contributed by atoms with Crippen molar-refractivity contribution in [1.29, 1.82) is 0 Å². The van der Waals surface area contributed by atoms with Gasteiger partial charge in [0.1, 0.15) is 23.4 Å². The molecule has 2 amide bonds. The number of rotatable bonds is 6. The van der Waals surface area contributed by atoms with Gasteiger partial charge in [-0.05, 0) is 29.8 Å². The summed E-state index contributed by atoms with van der Waals surface area (Å²) in [5, 5.41) is 5.45. The van der Waals surface area contributed by atoms with Gasteiger partial charge in [0.2, 0.25) is 5.91 Å². The second-order valence-electron chi connectivity index (χ2n) is 7.92. The molecule has 0 bridgehead atoms. The monoisotopic (exact) mass is 479 g/mol. The summed E-state index contributed by atoms with van der Waals surface area (Å²) in [5.41, 5.74) is 10.9. The molecule has 1 aromatic heterocycles. The molecule has 5 N–H and O–H groups in total. The van der Waals surface area contributed by atoms with E-state index >= 15 is 0 Å². The number of hydrazone groups is 1. The maximum Gasteiger partial charge on any atom is 0.330 e. The molecule has 35 heavy (non-hydrogen) atoms. The minimum Gasteiger partial charge on any atom is -0.383 e. The van der Waals surface area contributed by atoms with Gasteiger partial charge in [-0.2, -0.15) is 5.10 Å². The van der Waals surface area contributed by atoms with Gasteiger partial charge in [-0.25, -0.2) is 9.18 Å². The summed E-state index contributed by atoms with van der Waals surface area (Å²) in [6.07, 6.45) is -0.142. The number of nitrogens with two attached hydrogens (primary N) is 2. The highest BCUT2D eigenvalue weighted by molar-refractivity contribution is 6.45. The van der Waals surface area contributed by atoms with E-state index in [0.29, 0.717) is 5.69 Å². The van der Waals surface area contributed by atoms with Gasteiger partial charge in [-0.3, -0.25) is 28.9 Å². The fourth-order valence-corrected chi connectivity index (χ4v) is 3.81. The lowest BCUT2D eigenvalue weighted by Crippen LogP contribution is -2.42. The lowest BCUT2D eigenvalue weighted by Gasteiger charge is -2.20. The molecule has 0 aliphatic carbocycles. The van der Waals surface area contributed by atoms with E-state index in [0.717, 1.165) is 15.0 Å². The van der Waals surface area contributed by atoms with Crippen molar-refractivity contribution in [2.45, 2.75) is 19.0 Å². The first-order valence-corrected chi connectivity index (χ1v) is 10.5. The zero-order chi connectivity index (χ0) is 25.3. The molecule has 1 aliphatic rings. The SMILES string of the molecule is CN(C(=O)C1=NN(c2ccc(F)cc2)C(C(N)=O)C1)c1c(N)n(Cc2ccccc2)c(=O)[nH]c1=O. The Labute approximate surface area is 198 Å². The Kier molecular flexibility index (Phi) is 6.19. The van der Waals surface area contributed by atoms with Crippen molar-refractivity contribution in [3.05, 3.63) is 86.8 Å². The van der Waals surface area contributed by atoms with E-state index in [4.69, 9.17) is 11.5 Å². The van der Waals surface area contributed by atoms with Crippen molar-refractivity contribution in [2.24, 2.45) is 10.8 Å². The van der Waals surface area contributed by atoms with Crippen LogP contribution in [0.15, 0.2) is 69.3 Å². The number of nitrogen functional groups attached to an aromatic ring is 1. The molecule has 2 heterocycles. The number of aromatic nitrogens is 2. The smallest absolute Gasteiger partial charge is 0.330 e. The standard InChI is InChI=1S/C23H22FN7O4/c1-29(18-19(25)30(23(35)27-21(18)33)12-13-5-3-2-4-6-13)22(34)16-11-17(20(26)32)31(28-16)15-9-7-14(24)8-10-15/h2-10,17H,11-12,25H2,1H3,(H2,26,32)(H,27,33,35). The number of amides is 2. The second kappa shape index (κ2) is 9.25. The lowest BCUT2D eigenvalue weighted by atomic mass is 10.1. The van der Waals surface area contributed by atoms with Crippen LogP contribution in [-0.2, 0) is 16.1 Å². The first kappa shape index (κ1) is 23.4. The van der Waals surface area contributed by atoms with Crippen molar-refractivity contribution in [3.63, 3.8) is 0 Å². The summed E-state index contributed by atoms with van der Waals surface area (Å²) in [6.45, 7) is 0.0698. The number of carbonyl (C=O) groups excluding carboxylic acids is 2. The fraction of sp³-hybridized carbons (Fsp3) is 0.174. The fourth-order valence-electron chi connectivity index (χ4n) is 3.81. The number of halogens is 1. The zero-order valence-corrected chi connectivity index (χ0v) is 18.6. The van der Waals surface area contributed by atoms with E-state index in [1.807, 2.05) is 6.07 Å². The molecular formula is C23H22FN7O4. The quantitative estimate of drug-likeness (QED) is 0.464. The normalized spacial score (nSPS) is 15.1. The minimum absolute atomic E-state index is 0.0692. The Balaban J connectivity index is 1.68. The van der Waals surface area contributed by atoms with E-state index < -0.39 is 34.9 Å². The number of benzene rings is 2. The number of nitrogens with one attached hydrogen (secondary N) is 1. The maximum absolute atomic E-state index is 13.3. The number of anilines is 3. The summed E-state index contributed by atoms with van der Waals surface area (Å²) < 4.78 is 14.5. The van der Waals surface area contributed by atoms with Crippen LogP contribution < -0.4 is 32.6 Å². The summed E-state index contributed by atoms with van der Waals surface area (Å²) >= 11 is 0. The summed E-state index contributed by atoms with van der Waals surface area (Å²) in [6, 6.07) is 13.1. The Morgan fingerprint density at radius 3 is 2.43 bits per heavy atom. The van der Waals surface area contributed by atoms with Gasteiger partial charge in [-0.15, -0.1) is 0 Å². The molecule has 1 unspecified atom stereocenters. The summed E-state index contributed by atoms with van der Waals surface area (Å²) in [7, 11) is 1.31. The van der Waals surface area contributed by atoms with Crippen LogP contribution in [0.1, 0.15) is 12.0 Å². The molecule has 1 aliphatic heterocycles. The van der Waals surface area contributed by atoms with Crippen LogP contribution in [-0.4, -0.2) is 40.2 Å². The van der Waals surface area contributed by atoms with Crippen LogP contribution in [0.2, 0.25) is 0 Å². The first-order valence-electron chi connectivity index (χ1n) is 10.5. The zero-order valence-electron chi connectivity index (χ0n) is 18.6. The molecule has 2 aromatic carbocycles. The lowest BCUT2D eigenvalue weighted by molar-refractivity contribution is -0.119. The Bertz CT molecular complexity index is 1430. The van der Waals surface area contributed by atoms with E-state index in [2.05, 4.69) is 10.1 Å². The number of primary amides is 1. The number of nitrogens with zero attached hydrogens (tertiary/aromatic N) is 4. The van der Waals surface area contributed by atoms with E-state index in [9.17, 15) is 23.6 Å². The number of hydrogen-bond acceptors (Lipinski definition) is 7. The summed E-state index contributed by atoms with van der Waals surface area (Å²) in [4.78, 5) is 53.5. The maximum atomic E-state index is 13.3. The van der Waals surface area contributed by atoms with Crippen LogP contribution >= 0.6 is 0 Å². The van der Waals surface area contributed by atoms with Crippen LogP contribution in [0.5, 0.6) is 0 Å². The van der Waals surface area contributed by atoms with Crippen LogP contribution in [0.3, 0.4) is 0 Å². The molecular weight excluding hydrogens is 457 g/mol. The third-order valence-corrected chi connectivity index (χ3v) is 5.61. The van der Waals surface area contributed by atoms with E-state index in [-0.39, 0.29) is 30.2 Å². The van der Waals surface area contributed by atoms with E-state index in [1.165, 1.54) is 36.3 Å². The molecule has 12 heteroatoms. The molecule has 0 fully saturated rings. The van der Waals surface area contributed by atoms with Crippen molar-refractivity contribution >= 4 is 34.7 Å². The minimum atomic E-state index is -0.990. The molecule has 3 aromatic rings. The first-order chi connectivity index (χ1) is 16.7. The average Bonchev–Trinajstić information content (AvgIpc) is 3.28. The third-order valence-electron chi connectivity index (χ3n) is 5.61. The highest BCUT2D eigenvalue weighted by Crippen LogP contribution is 2.26. The van der Waals surface area contributed by atoms with Gasteiger partial charge >= 0.3 is 5.69 Å². The number of aromatic amines is 1. The van der Waals surface area contributed by atoms with Crippen molar-refractivity contribution in [2.75, 3.05) is 22.7 Å². The van der Waals surface area contributed by atoms with Gasteiger partial charge in [-0.1, -0.05) is 30.3 Å². The van der Waals surface area contributed by atoms with Gasteiger partial charge in [0, 0.05) is 13.5 Å². The topological polar surface area (TPSA) is 160 Å². The van der Waals surface area contributed by atoms with Gasteiger partial charge in [0.15, 0.2) is 5.69 Å². The van der Waals surface area contributed by atoms with Gasteiger partial charge < -0.3 is 16.4 Å².